The number of aryl methyl sites for hydroxylation is 1. The third-order valence-corrected chi connectivity index (χ3v) is 2.17. The molecule has 1 unspecified atom stereocenters. The van der Waals surface area contributed by atoms with E-state index in [4.69, 9.17) is 4.18 Å². The van der Waals surface area contributed by atoms with E-state index >= 15 is 0 Å². The van der Waals surface area contributed by atoms with Crippen LogP contribution >= 0.6 is 0 Å². The molecule has 0 aliphatic heterocycles. The monoisotopic (exact) mass is 216 g/mol. The Balaban J connectivity index is 2.85. The molecule has 0 N–H and O–H groups in total. The molecule has 0 aliphatic carbocycles. The lowest BCUT2D eigenvalue weighted by molar-refractivity contribution is 0.231. The molecule has 1 rings (SSSR count). The van der Waals surface area contributed by atoms with Gasteiger partial charge in [0.25, 0.3) is 10.1 Å². The highest BCUT2D eigenvalue weighted by Gasteiger charge is 2.13. The van der Waals surface area contributed by atoms with Crippen LogP contribution in [0.4, 0.5) is 0 Å². The minimum absolute atomic E-state index is 0.558. The molecule has 0 saturated heterocycles. The smallest absolute Gasteiger partial charge is 0.261 e. The van der Waals surface area contributed by atoms with Crippen molar-refractivity contribution in [1.29, 1.82) is 0 Å². The van der Waals surface area contributed by atoms with E-state index in [2.05, 4.69) is 9.97 Å². The first-order valence-electron chi connectivity index (χ1n) is 4.06. The second-order valence-electron chi connectivity index (χ2n) is 2.97. The molecule has 0 saturated carbocycles. The fourth-order valence-electron chi connectivity index (χ4n) is 1.01. The van der Waals surface area contributed by atoms with E-state index in [1.165, 1.54) is 0 Å². The molecule has 0 aromatic carbocycles. The summed E-state index contributed by atoms with van der Waals surface area (Å²) in [5.41, 5.74) is 0.558. The van der Waals surface area contributed by atoms with E-state index in [0.29, 0.717) is 11.5 Å². The molecule has 14 heavy (non-hydrogen) atoms. The maximum absolute atomic E-state index is 10.8. The first-order valence-corrected chi connectivity index (χ1v) is 5.88. The van der Waals surface area contributed by atoms with Crippen molar-refractivity contribution in [2.24, 2.45) is 0 Å². The molecule has 6 heteroatoms. The van der Waals surface area contributed by atoms with Gasteiger partial charge < -0.3 is 0 Å². The number of nitrogens with zero attached hydrogens (tertiary/aromatic N) is 2. The third kappa shape index (κ3) is 3.39. The van der Waals surface area contributed by atoms with Crippen LogP contribution in [0.2, 0.25) is 0 Å². The molecule has 1 atom stereocenters. The summed E-state index contributed by atoms with van der Waals surface area (Å²) in [5.74, 6) is 0.589. The van der Waals surface area contributed by atoms with Crippen LogP contribution in [0.5, 0.6) is 0 Å². The molecule has 0 amide bonds. The Morgan fingerprint density at radius 1 is 1.50 bits per heavy atom. The van der Waals surface area contributed by atoms with Crippen molar-refractivity contribution >= 4 is 10.1 Å². The maximum Gasteiger partial charge on any atom is 0.265 e. The largest absolute Gasteiger partial charge is 0.265 e. The van der Waals surface area contributed by atoms with Crippen LogP contribution in [-0.4, -0.2) is 24.6 Å². The van der Waals surface area contributed by atoms with E-state index < -0.39 is 16.2 Å². The van der Waals surface area contributed by atoms with Crippen LogP contribution in [0.1, 0.15) is 24.5 Å². The number of aromatic nitrogens is 2. The zero-order valence-electron chi connectivity index (χ0n) is 8.26. The summed E-state index contributed by atoms with van der Waals surface area (Å²) in [6.07, 6.45) is 2.00. The van der Waals surface area contributed by atoms with Crippen LogP contribution in [0.25, 0.3) is 0 Å². The summed E-state index contributed by atoms with van der Waals surface area (Å²) < 4.78 is 26.4. The van der Waals surface area contributed by atoms with Crippen molar-refractivity contribution in [3.8, 4) is 0 Å². The Morgan fingerprint density at radius 3 is 2.64 bits per heavy atom. The lowest BCUT2D eigenvalue weighted by Crippen LogP contribution is -2.09. The fraction of sp³-hybridized carbons (Fsp3) is 0.500. The molecular formula is C8H12N2O3S. The van der Waals surface area contributed by atoms with Gasteiger partial charge in [-0.05, 0) is 19.9 Å². The summed E-state index contributed by atoms with van der Waals surface area (Å²) in [5, 5.41) is 0. The average molecular weight is 216 g/mol. The van der Waals surface area contributed by atoms with Crippen molar-refractivity contribution in [3.63, 3.8) is 0 Å². The molecule has 78 valence electrons. The Hall–Kier alpha value is -1.01. The standard InChI is InChI=1S/C8H12N2O3S/c1-6(13-14(3,11)12)8-4-5-9-7(2)10-8/h4-6H,1-3H3. The molecule has 5 nitrogen and oxygen atoms in total. The predicted octanol–water partition coefficient (Wildman–Crippen LogP) is 0.822. The third-order valence-electron chi connectivity index (χ3n) is 1.53. The van der Waals surface area contributed by atoms with E-state index in [1.807, 2.05) is 0 Å². The van der Waals surface area contributed by atoms with Gasteiger partial charge in [-0.25, -0.2) is 9.97 Å². The lowest BCUT2D eigenvalue weighted by Gasteiger charge is -2.09. The van der Waals surface area contributed by atoms with Gasteiger partial charge in [-0.15, -0.1) is 0 Å². The normalized spacial score (nSPS) is 13.9. The van der Waals surface area contributed by atoms with Crippen molar-refractivity contribution < 1.29 is 12.6 Å². The van der Waals surface area contributed by atoms with Gasteiger partial charge >= 0.3 is 0 Å². The van der Waals surface area contributed by atoms with Crippen molar-refractivity contribution in [2.45, 2.75) is 20.0 Å². The second-order valence-corrected chi connectivity index (χ2v) is 4.57. The maximum atomic E-state index is 10.8. The van der Waals surface area contributed by atoms with Crippen molar-refractivity contribution in [1.82, 2.24) is 9.97 Å². The SMILES string of the molecule is Cc1nccc(C(C)OS(C)(=O)=O)n1. The van der Waals surface area contributed by atoms with Crippen LogP contribution in [0.3, 0.4) is 0 Å². The van der Waals surface area contributed by atoms with Gasteiger partial charge in [0.05, 0.1) is 11.9 Å². The predicted molar refractivity (Wildman–Crippen MR) is 51.1 cm³/mol. The van der Waals surface area contributed by atoms with Gasteiger partial charge in [0.2, 0.25) is 0 Å². The summed E-state index contributed by atoms with van der Waals surface area (Å²) in [6, 6.07) is 1.63. The summed E-state index contributed by atoms with van der Waals surface area (Å²) in [7, 11) is -3.44. The molecular weight excluding hydrogens is 204 g/mol. The highest BCUT2D eigenvalue weighted by molar-refractivity contribution is 7.86. The van der Waals surface area contributed by atoms with E-state index in [1.54, 1.807) is 26.1 Å². The summed E-state index contributed by atoms with van der Waals surface area (Å²) >= 11 is 0. The number of hydrogen-bond donors (Lipinski definition) is 0. The van der Waals surface area contributed by atoms with Crippen LogP contribution in [0.15, 0.2) is 12.3 Å². The van der Waals surface area contributed by atoms with Crippen LogP contribution in [-0.2, 0) is 14.3 Å². The van der Waals surface area contributed by atoms with Gasteiger partial charge in [0.15, 0.2) is 0 Å². The van der Waals surface area contributed by atoms with Crippen LogP contribution < -0.4 is 0 Å². The van der Waals surface area contributed by atoms with Crippen LogP contribution in [0, 0.1) is 6.92 Å². The van der Waals surface area contributed by atoms with Gasteiger partial charge in [-0.2, -0.15) is 8.42 Å². The molecule has 0 aliphatic rings. The Kier molecular flexibility index (Phi) is 3.17. The first kappa shape index (κ1) is 11.1. The molecule has 0 fully saturated rings. The molecule has 1 heterocycles. The van der Waals surface area contributed by atoms with Gasteiger partial charge in [0, 0.05) is 6.20 Å². The number of hydrogen-bond acceptors (Lipinski definition) is 5. The van der Waals surface area contributed by atoms with E-state index in [0.717, 1.165) is 6.26 Å². The lowest BCUT2D eigenvalue weighted by atomic mass is 10.3. The molecule has 1 aromatic heterocycles. The number of rotatable bonds is 3. The molecule has 0 radical (unpaired) electrons. The first-order chi connectivity index (χ1) is 6.38. The fourth-order valence-corrected chi connectivity index (χ4v) is 1.64. The minimum Gasteiger partial charge on any atom is -0.261 e. The molecule has 0 spiro atoms. The Labute approximate surface area is 83.3 Å². The Bertz CT molecular complexity index is 416. The van der Waals surface area contributed by atoms with Crippen molar-refractivity contribution in [3.05, 3.63) is 23.8 Å². The summed E-state index contributed by atoms with van der Waals surface area (Å²) in [4.78, 5) is 7.96. The highest BCUT2D eigenvalue weighted by atomic mass is 32.2. The topological polar surface area (TPSA) is 69.2 Å². The molecule has 1 aromatic rings. The zero-order chi connectivity index (χ0) is 10.8. The van der Waals surface area contributed by atoms with Crippen molar-refractivity contribution in [2.75, 3.05) is 6.26 Å². The zero-order valence-corrected chi connectivity index (χ0v) is 9.08. The van der Waals surface area contributed by atoms with Gasteiger partial charge in [0.1, 0.15) is 11.9 Å². The van der Waals surface area contributed by atoms with Gasteiger partial charge in [-0.3, -0.25) is 4.18 Å². The average Bonchev–Trinajstić information content (AvgIpc) is 2.01. The Morgan fingerprint density at radius 2 is 2.14 bits per heavy atom. The van der Waals surface area contributed by atoms with E-state index in [-0.39, 0.29) is 0 Å². The van der Waals surface area contributed by atoms with E-state index in [9.17, 15) is 8.42 Å². The summed E-state index contributed by atoms with van der Waals surface area (Å²) in [6.45, 7) is 3.36. The minimum atomic E-state index is -3.44. The quantitative estimate of drug-likeness (QED) is 0.700. The van der Waals surface area contributed by atoms with Gasteiger partial charge in [-0.1, -0.05) is 0 Å². The second kappa shape index (κ2) is 4.02. The molecule has 0 bridgehead atoms. The highest BCUT2D eigenvalue weighted by Crippen LogP contribution is 2.15.